The molecule has 11 nitrogen and oxygen atoms in total. The van der Waals surface area contributed by atoms with Crippen LogP contribution in [0.5, 0.6) is 0 Å². The number of fused-ring (bicyclic) bond motifs is 1. The van der Waals surface area contributed by atoms with E-state index < -0.39 is 27.1 Å². The number of unbranched alkanes of at least 4 members (excludes halogenated alkanes) is 2. The fraction of sp³-hybridized carbons (Fsp3) is 0.158. The van der Waals surface area contributed by atoms with Crippen molar-refractivity contribution in [3.63, 3.8) is 0 Å². The highest BCUT2D eigenvalue weighted by Crippen LogP contribution is 2.27. The molecule has 0 saturated heterocycles. The highest BCUT2D eigenvalue weighted by Gasteiger charge is 2.23. The third kappa shape index (κ3) is 4.24. The Hall–Kier alpha value is -4.28. The number of nitro benzene ring substituents is 2. The normalized spacial score (nSPS) is 11.1. The number of carbonyl (C=O) groups excluding carboxylic acids is 2. The number of aromatic nitrogens is 2. The largest absolute Gasteiger partial charge is 0.303 e. The number of non-ortho nitro benzene ring substituents is 2. The molecule has 30 heavy (non-hydrogen) atoms. The van der Waals surface area contributed by atoms with Gasteiger partial charge in [-0.3, -0.25) is 25.0 Å². The first-order valence-corrected chi connectivity index (χ1v) is 8.84. The Morgan fingerprint density at radius 1 is 1.07 bits per heavy atom. The first-order chi connectivity index (χ1) is 14.4. The van der Waals surface area contributed by atoms with E-state index in [1.807, 2.05) is 0 Å². The number of aldehydes is 1. The molecule has 3 aromatic rings. The van der Waals surface area contributed by atoms with Gasteiger partial charge in [-0.25, -0.2) is 14.5 Å². The number of imidazole rings is 1. The Labute approximate surface area is 169 Å². The van der Waals surface area contributed by atoms with Gasteiger partial charge in [0.1, 0.15) is 6.29 Å². The van der Waals surface area contributed by atoms with E-state index in [4.69, 9.17) is 0 Å². The van der Waals surface area contributed by atoms with Crippen molar-refractivity contribution in [2.75, 3.05) is 0 Å². The van der Waals surface area contributed by atoms with Crippen molar-refractivity contribution < 1.29 is 19.4 Å². The number of aliphatic imine (C=N–C) groups is 1. The molecule has 0 spiro atoms. The van der Waals surface area contributed by atoms with E-state index in [0.29, 0.717) is 30.3 Å². The van der Waals surface area contributed by atoms with Gasteiger partial charge in [0.2, 0.25) is 5.95 Å². The summed E-state index contributed by atoms with van der Waals surface area (Å²) in [7, 11) is 0. The molecule has 0 radical (unpaired) electrons. The monoisotopic (exact) mass is 409 g/mol. The molecule has 0 atom stereocenters. The van der Waals surface area contributed by atoms with Crippen molar-refractivity contribution in [2.24, 2.45) is 4.99 Å². The molecular formula is C19H15N5O6. The zero-order chi connectivity index (χ0) is 21.7. The Morgan fingerprint density at radius 2 is 1.73 bits per heavy atom. The van der Waals surface area contributed by atoms with E-state index in [2.05, 4.69) is 9.98 Å². The number of carbonyl (C=O) groups is 2. The quantitative estimate of drug-likeness (QED) is 0.181. The van der Waals surface area contributed by atoms with Gasteiger partial charge >= 0.3 is 0 Å². The van der Waals surface area contributed by atoms with Crippen LogP contribution in [-0.2, 0) is 4.79 Å². The summed E-state index contributed by atoms with van der Waals surface area (Å²) in [5.74, 6) is -0.711. The molecule has 0 amide bonds. The molecule has 11 heteroatoms. The summed E-state index contributed by atoms with van der Waals surface area (Å²) in [4.78, 5) is 52.8. The molecule has 2 aromatic carbocycles. The maximum absolute atomic E-state index is 13.2. The maximum atomic E-state index is 13.2. The van der Waals surface area contributed by atoms with E-state index in [-0.39, 0.29) is 11.5 Å². The smallest absolute Gasteiger partial charge is 0.277 e. The lowest BCUT2D eigenvalue weighted by atomic mass is 10.1. The molecular weight excluding hydrogens is 394 g/mol. The van der Waals surface area contributed by atoms with Gasteiger partial charge in [-0.05, 0) is 25.0 Å². The highest BCUT2D eigenvalue weighted by atomic mass is 16.6. The van der Waals surface area contributed by atoms with Crippen LogP contribution in [-0.4, -0.2) is 37.8 Å². The first-order valence-electron chi connectivity index (χ1n) is 8.84. The van der Waals surface area contributed by atoms with Crippen LogP contribution in [0.3, 0.4) is 0 Å². The van der Waals surface area contributed by atoms with Crippen molar-refractivity contribution in [3.05, 3.63) is 68.3 Å². The number of nitrogens with zero attached hydrogens (tertiary/aromatic N) is 5. The summed E-state index contributed by atoms with van der Waals surface area (Å²) in [6, 6.07) is 9.43. The molecule has 0 aliphatic rings. The summed E-state index contributed by atoms with van der Waals surface area (Å²) in [6.45, 7) is 0. The van der Waals surface area contributed by atoms with Gasteiger partial charge in [0.05, 0.1) is 32.5 Å². The molecule has 0 N–H and O–H groups in total. The summed E-state index contributed by atoms with van der Waals surface area (Å²) >= 11 is 0. The minimum atomic E-state index is -0.804. The van der Waals surface area contributed by atoms with E-state index in [0.717, 1.165) is 29.1 Å². The summed E-state index contributed by atoms with van der Waals surface area (Å²) in [5.41, 5.74) is -0.522. The van der Waals surface area contributed by atoms with Crippen LogP contribution in [0.2, 0.25) is 0 Å². The van der Waals surface area contributed by atoms with E-state index in [9.17, 15) is 29.8 Å². The summed E-state index contributed by atoms with van der Waals surface area (Å²) in [6.07, 6.45) is 3.75. The topological polar surface area (TPSA) is 151 Å². The molecule has 0 bridgehead atoms. The van der Waals surface area contributed by atoms with Gasteiger partial charge in [-0.2, -0.15) is 0 Å². The molecule has 152 valence electrons. The van der Waals surface area contributed by atoms with Gasteiger partial charge in [0, 0.05) is 24.8 Å². The van der Waals surface area contributed by atoms with Gasteiger partial charge in [0.25, 0.3) is 17.3 Å². The second-order valence-corrected chi connectivity index (χ2v) is 6.20. The lowest BCUT2D eigenvalue weighted by Gasteiger charge is -2.06. The van der Waals surface area contributed by atoms with E-state index >= 15 is 0 Å². The second-order valence-electron chi connectivity index (χ2n) is 6.20. The Bertz CT molecular complexity index is 1150. The van der Waals surface area contributed by atoms with Crippen molar-refractivity contribution in [2.45, 2.75) is 19.3 Å². The molecule has 0 fully saturated rings. The maximum Gasteiger partial charge on any atom is 0.277 e. The average Bonchev–Trinajstić information content (AvgIpc) is 3.10. The number of benzene rings is 2. The Kier molecular flexibility index (Phi) is 6.01. The van der Waals surface area contributed by atoms with Gasteiger partial charge < -0.3 is 4.79 Å². The van der Waals surface area contributed by atoms with E-state index in [1.54, 1.807) is 24.3 Å². The van der Waals surface area contributed by atoms with Crippen LogP contribution in [0.1, 0.15) is 29.6 Å². The second kappa shape index (κ2) is 8.82. The lowest BCUT2D eigenvalue weighted by molar-refractivity contribution is -0.394. The SMILES string of the molecule is O=CCCC/C=N/c1nc2ccccc2n1C(=O)c1cc([N+](=O)[O-])cc([N+](=O)[O-])c1. The first kappa shape index (κ1) is 20.5. The summed E-state index contributed by atoms with van der Waals surface area (Å²) < 4.78 is 1.15. The Balaban J connectivity index is 2.10. The predicted molar refractivity (Wildman–Crippen MR) is 107 cm³/mol. The molecule has 1 heterocycles. The van der Waals surface area contributed by atoms with E-state index in [1.165, 1.54) is 6.21 Å². The number of para-hydroxylation sites is 2. The fourth-order valence-electron chi connectivity index (χ4n) is 2.80. The minimum absolute atomic E-state index is 0.0291. The molecule has 1 aromatic heterocycles. The zero-order valence-electron chi connectivity index (χ0n) is 15.5. The van der Waals surface area contributed by atoms with Crippen LogP contribution in [0.4, 0.5) is 17.3 Å². The third-order valence-electron chi connectivity index (χ3n) is 4.18. The number of hydrogen-bond acceptors (Lipinski definition) is 8. The zero-order valence-corrected chi connectivity index (χ0v) is 15.5. The molecule has 0 aliphatic carbocycles. The van der Waals surface area contributed by atoms with Gasteiger partial charge in [-0.15, -0.1) is 0 Å². The van der Waals surface area contributed by atoms with Crippen LogP contribution in [0, 0.1) is 20.2 Å². The molecule has 0 saturated carbocycles. The van der Waals surface area contributed by atoms with Crippen molar-refractivity contribution in [3.8, 4) is 0 Å². The fourth-order valence-corrected chi connectivity index (χ4v) is 2.80. The van der Waals surface area contributed by atoms with Crippen LogP contribution >= 0.6 is 0 Å². The molecule has 3 rings (SSSR count). The number of rotatable bonds is 8. The average molecular weight is 409 g/mol. The molecule has 0 unspecified atom stereocenters. The number of hydrogen-bond donors (Lipinski definition) is 0. The minimum Gasteiger partial charge on any atom is -0.303 e. The third-order valence-corrected chi connectivity index (χ3v) is 4.18. The standard InChI is InChI=1S/C19H15N5O6/c25-9-5-1-4-8-20-19-21-16-6-2-3-7-17(16)22(19)18(26)13-10-14(23(27)28)12-15(11-13)24(29)30/h2-3,6-12H,1,4-5H2/b20-8+. The van der Waals surface area contributed by atoms with Crippen LogP contribution in [0.25, 0.3) is 11.0 Å². The van der Waals surface area contributed by atoms with Crippen molar-refractivity contribution in [1.29, 1.82) is 0 Å². The summed E-state index contributed by atoms with van der Waals surface area (Å²) in [5, 5.41) is 22.3. The van der Waals surface area contributed by atoms with Crippen molar-refractivity contribution >= 4 is 46.8 Å². The van der Waals surface area contributed by atoms with Crippen LogP contribution in [0.15, 0.2) is 47.5 Å². The van der Waals surface area contributed by atoms with Crippen LogP contribution < -0.4 is 0 Å². The van der Waals surface area contributed by atoms with Crippen molar-refractivity contribution in [1.82, 2.24) is 9.55 Å². The predicted octanol–water partition coefficient (Wildman–Crippen LogP) is 3.61. The number of nitro groups is 2. The lowest BCUT2D eigenvalue weighted by Crippen LogP contribution is -2.12. The van der Waals surface area contributed by atoms with Gasteiger partial charge in [0.15, 0.2) is 0 Å². The van der Waals surface area contributed by atoms with Gasteiger partial charge in [-0.1, -0.05) is 12.1 Å². The molecule has 0 aliphatic heterocycles. The highest BCUT2D eigenvalue weighted by molar-refractivity contribution is 6.04. The Morgan fingerprint density at radius 3 is 2.37 bits per heavy atom.